The molecule has 6 heteroatoms. The summed E-state index contributed by atoms with van der Waals surface area (Å²) >= 11 is 0. The van der Waals surface area contributed by atoms with Crippen LogP contribution >= 0.6 is 0 Å². The number of nitrogens with zero attached hydrogens (tertiary/aromatic N) is 1. The van der Waals surface area contributed by atoms with E-state index >= 15 is 0 Å². The van der Waals surface area contributed by atoms with Crippen LogP contribution in [0.1, 0.15) is 29.1 Å². The highest BCUT2D eigenvalue weighted by atomic mass is 16.3. The van der Waals surface area contributed by atoms with Crippen LogP contribution in [0.2, 0.25) is 0 Å². The first-order valence-corrected chi connectivity index (χ1v) is 5.71. The van der Waals surface area contributed by atoms with E-state index in [4.69, 9.17) is 0 Å². The van der Waals surface area contributed by atoms with Gasteiger partial charge in [-0.2, -0.15) is 0 Å². The minimum Gasteiger partial charge on any atom is -0.389 e. The quantitative estimate of drug-likeness (QED) is 0.768. The van der Waals surface area contributed by atoms with Gasteiger partial charge < -0.3 is 15.4 Å². The maximum Gasteiger partial charge on any atom is 0.275 e. The van der Waals surface area contributed by atoms with Gasteiger partial charge in [0.25, 0.3) is 11.5 Å². The van der Waals surface area contributed by atoms with Gasteiger partial charge in [0.2, 0.25) is 0 Å². The fourth-order valence-electron chi connectivity index (χ4n) is 1.63. The summed E-state index contributed by atoms with van der Waals surface area (Å²) in [6.45, 7) is 1.61. The number of benzene rings is 1. The van der Waals surface area contributed by atoms with E-state index in [0.717, 1.165) is 6.20 Å². The van der Waals surface area contributed by atoms with Crippen LogP contribution in [0, 0.1) is 0 Å². The highest BCUT2D eigenvalue weighted by molar-refractivity contribution is 6.03. The third kappa shape index (κ3) is 3.05. The van der Waals surface area contributed by atoms with Crippen LogP contribution in [0.4, 0.5) is 5.69 Å². The molecule has 3 N–H and O–H groups in total. The Kier molecular flexibility index (Phi) is 3.72. The fourth-order valence-corrected chi connectivity index (χ4v) is 1.63. The van der Waals surface area contributed by atoms with Crippen molar-refractivity contribution in [2.45, 2.75) is 13.0 Å². The summed E-state index contributed by atoms with van der Waals surface area (Å²) in [7, 11) is 0. The molecule has 1 aromatic carbocycles. The zero-order valence-electron chi connectivity index (χ0n) is 10.3. The van der Waals surface area contributed by atoms with Gasteiger partial charge in [-0.05, 0) is 13.0 Å². The van der Waals surface area contributed by atoms with Crippen LogP contribution in [0.25, 0.3) is 0 Å². The first-order chi connectivity index (χ1) is 9.08. The van der Waals surface area contributed by atoms with Gasteiger partial charge in [0.1, 0.15) is 5.69 Å². The number of aliphatic hydroxyl groups is 1. The molecule has 2 aromatic rings. The second kappa shape index (κ2) is 5.45. The Morgan fingerprint density at radius 3 is 2.79 bits per heavy atom. The van der Waals surface area contributed by atoms with E-state index < -0.39 is 12.0 Å². The minimum atomic E-state index is -0.694. The molecule has 19 heavy (non-hydrogen) atoms. The van der Waals surface area contributed by atoms with E-state index in [1.807, 2.05) is 0 Å². The molecule has 2 rings (SSSR count). The molecule has 1 unspecified atom stereocenters. The molecule has 0 bridgehead atoms. The lowest BCUT2D eigenvalue weighted by molar-refractivity contribution is 0.102. The van der Waals surface area contributed by atoms with Crippen molar-refractivity contribution in [2.24, 2.45) is 0 Å². The maximum atomic E-state index is 11.9. The molecule has 0 spiro atoms. The van der Waals surface area contributed by atoms with Crippen molar-refractivity contribution < 1.29 is 9.90 Å². The number of rotatable bonds is 3. The van der Waals surface area contributed by atoms with Gasteiger partial charge >= 0.3 is 0 Å². The Balaban J connectivity index is 2.24. The molecule has 98 valence electrons. The molecule has 0 saturated carbocycles. The molecular weight excluding hydrogens is 246 g/mol. The summed E-state index contributed by atoms with van der Waals surface area (Å²) in [5.74, 6) is -0.454. The number of hydrogen-bond acceptors (Lipinski definition) is 4. The van der Waals surface area contributed by atoms with Crippen molar-refractivity contribution in [3.63, 3.8) is 0 Å². The predicted octanol–water partition coefficient (Wildman–Crippen LogP) is 1.08. The summed E-state index contributed by atoms with van der Waals surface area (Å²) in [5, 5.41) is 12.3. The lowest BCUT2D eigenvalue weighted by Crippen LogP contribution is -2.18. The third-order valence-corrected chi connectivity index (χ3v) is 2.56. The van der Waals surface area contributed by atoms with E-state index in [0.29, 0.717) is 11.3 Å². The number of carbonyl (C=O) groups excluding carboxylic acids is 1. The molecule has 1 aromatic heterocycles. The van der Waals surface area contributed by atoms with Crippen molar-refractivity contribution in [3.05, 3.63) is 58.3 Å². The second-order valence-electron chi connectivity index (χ2n) is 4.01. The Hall–Kier alpha value is -2.47. The summed E-state index contributed by atoms with van der Waals surface area (Å²) in [4.78, 5) is 28.9. The largest absolute Gasteiger partial charge is 0.389 e. The number of para-hydroxylation sites is 1. The second-order valence-corrected chi connectivity index (χ2v) is 4.01. The number of aromatic amines is 1. The topological polar surface area (TPSA) is 95.1 Å². The lowest BCUT2D eigenvalue weighted by Gasteiger charge is -2.12. The zero-order valence-corrected chi connectivity index (χ0v) is 10.3. The maximum absolute atomic E-state index is 11.9. The molecule has 1 amide bonds. The number of aliphatic hydroxyl groups excluding tert-OH is 1. The van der Waals surface area contributed by atoms with E-state index in [-0.39, 0.29) is 11.3 Å². The van der Waals surface area contributed by atoms with E-state index in [1.165, 1.54) is 6.20 Å². The Labute approximate surface area is 109 Å². The molecule has 0 radical (unpaired) electrons. The van der Waals surface area contributed by atoms with E-state index in [1.54, 1.807) is 31.2 Å². The fraction of sp³-hybridized carbons (Fsp3) is 0.154. The van der Waals surface area contributed by atoms with Crippen molar-refractivity contribution in [1.82, 2.24) is 9.97 Å². The summed E-state index contributed by atoms with van der Waals surface area (Å²) in [6.07, 6.45) is 1.58. The van der Waals surface area contributed by atoms with Crippen molar-refractivity contribution in [3.8, 4) is 0 Å². The number of aromatic nitrogens is 2. The first-order valence-electron chi connectivity index (χ1n) is 5.71. The van der Waals surface area contributed by atoms with Crippen LogP contribution in [0.15, 0.2) is 41.5 Å². The smallest absolute Gasteiger partial charge is 0.275 e. The monoisotopic (exact) mass is 259 g/mol. The normalized spacial score (nSPS) is 11.9. The molecule has 0 saturated heterocycles. The average Bonchev–Trinajstić information content (AvgIpc) is 2.39. The lowest BCUT2D eigenvalue weighted by atomic mass is 10.1. The predicted molar refractivity (Wildman–Crippen MR) is 69.9 cm³/mol. The number of hydrogen-bond donors (Lipinski definition) is 3. The number of anilines is 1. The summed E-state index contributed by atoms with van der Waals surface area (Å²) in [5.41, 5.74) is 0.844. The van der Waals surface area contributed by atoms with Gasteiger partial charge in [-0.3, -0.25) is 9.59 Å². The molecule has 6 nitrogen and oxygen atoms in total. The Morgan fingerprint density at radius 1 is 1.42 bits per heavy atom. The number of H-pyrrole nitrogens is 1. The molecule has 0 aliphatic heterocycles. The third-order valence-electron chi connectivity index (χ3n) is 2.56. The van der Waals surface area contributed by atoms with Crippen molar-refractivity contribution >= 4 is 11.6 Å². The number of carbonyl (C=O) groups is 1. The standard InChI is InChI=1S/C13H13N3O3/c1-8(17)9-4-2-3-5-10(9)16-13(19)11-6-15-12(18)7-14-11/h2-8,17H,1H3,(H,15,18)(H,16,19). The van der Waals surface area contributed by atoms with Gasteiger partial charge in [0, 0.05) is 17.4 Å². The highest BCUT2D eigenvalue weighted by Crippen LogP contribution is 2.22. The van der Waals surface area contributed by atoms with Crippen molar-refractivity contribution in [2.75, 3.05) is 5.32 Å². The first kappa shape index (κ1) is 13.0. The van der Waals surface area contributed by atoms with E-state index in [2.05, 4.69) is 15.3 Å². The molecule has 1 heterocycles. The molecular formula is C13H13N3O3. The Morgan fingerprint density at radius 2 is 2.16 bits per heavy atom. The van der Waals surface area contributed by atoms with E-state index in [9.17, 15) is 14.7 Å². The SMILES string of the molecule is CC(O)c1ccccc1NC(=O)c1c[nH]c(=O)cn1. The number of amides is 1. The van der Waals surface area contributed by atoms with Gasteiger partial charge in [-0.1, -0.05) is 18.2 Å². The number of nitrogens with one attached hydrogen (secondary N) is 2. The van der Waals surface area contributed by atoms with Crippen LogP contribution < -0.4 is 10.9 Å². The highest BCUT2D eigenvalue weighted by Gasteiger charge is 2.12. The van der Waals surface area contributed by atoms with Crippen LogP contribution in [0.3, 0.4) is 0 Å². The summed E-state index contributed by atoms with van der Waals surface area (Å²) < 4.78 is 0. The van der Waals surface area contributed by atoms with Crippen LogP contribution in [-0.4, -0.2) is 21.0 Å². The summed E-state index contributed by atoms with van der Waals surface area (Å²) in [6, 6.07) is 6.93. The molecule has 1 atom stereocenters. The van der Waals surface area contributed by atoms with Gasteiger partial charge in [0.05, 0.1) is 12.3 Å². The minimum absolute atomic E-state index is 0.0972. The molecule has 0 aliphatic rings. The van der Waals surface area contributed by atoms with Crippen LogP contribution in [0.5, 0.6) is 0 Å². The van der Waals surface area contributed by atoms with Gasteiger partial charge in [-0.25, -0.2) is 4.98 Å². The van der Waals surface area contributed by atoms with Gasteiger partial charge in [0.15, 0.2) is 0 Å². The molecule has 0 aliphatic carbocycles. The Bertz CT molecular complexity index is 629. The van der Waals surface area contributed by atoms with Crippen LogP contribution in [-0.2, 0) is 0 Å². The zero-order chi connectivity index (χ0) is 13.8. The van der Waals surface area contributed by atoms with Gasteiger partial charge in [-0.15, -0.1) is 0 Å². The molecule has 0 fully saturated rings. The average molecular weight is 259 g/mol. The van der Waals surface area contributed by atoms with Crippen molar-refractivity contribution in [1.29, 1.82) is 0 Å².